The van der Waals surface area contributed by atoms with Gasteiger partial charge in [-0.25, -0.2) is 0 Å². The van der Waals surface area contributed by atoms with Crippen LogP contribution in [0, 0.1) is 6.92 Å². The smallest absolute Gasteiger partial charge is 0.254 e. The van der Waals surface area contributed by atoms with Crippen LogP contribution in [-0.4, -0.2) is 34.6 Å². The fraction of sp³-hybridized carbons (Fsp3) is 0.375. The molecule has 7 nitrogen and oxygen atoms in total. The highest BCUT2D eigenvalue weighted by Gasteiger charge is 2.29. The predicted molar refractivity (Wildman–Crippen MR) is 84.9 cm³/mol. The van der Waals surface area contributed by atoms with E-state index in [1.807, 2.05) is 0 Å². The van der Waals surface area contributed by atoms with Crippen LogP contribution >= 0.6 is 0 Å². The highest BCUT2D eigenvalue weighted by molar-refractivity contribution is 6.06. The number of aliphatic imine (C=N–C) groups is 1. The number of nitrogens with one attached hydrogen (secondary N) is 2. The lowest BCUT2D eigenvalue weighted by atomic mass is 10.0. The van der Waals surface area contributed by atoms with Gasteiger partial charge in [0.05, 0.1) is 11.3 Å². The molecule has 23 heavy (non-hydrogen) atoms. The van der Waals surface area contributed by atoms with E-state index in [9.17, 15) is 19.5 Å². The van der Waals surface area contributed by atoms with Crippen LogP contribution < -0.4 is 10.6 Å². The molecule has 7 heteroatoms. The van der Waals surface area contributed by atoms with Gasteiger partial charge >= 0.3 is 0 Å². The molecule has 3 N–H and O–H groups in total. The first kappa shape index (κ1) is 16.7. The first-order valence-electron chi connectivity index (χ1n) is 7.28. The van der Waals surface area contributed by atoms with Crippen molar-refractivity contribution in [3.63, 3.8) is 0 Å². The number of piperidine rings is 1. The Kier molecular flexibility index (Phi) is 4.78. The summed E-state index contributed by atoms with van der Waals surface area (Å²) in [6, 6.07) is 2.06. The molecule has 1 aliphatic rings. The highest BCUT2D eigenvalue weighted by atomic mass is 16.3. The van der Waals surface area contributed by atoms with E-state index in [0.29, 0.717) is 11.3 Å². The summed E-state index contributed by atoms with van der Waals surface area (Å²) in [5.74, 6) is -1.44. The molecule has 1 aliphatic heterocycles. The summed E-state index contributed by atoms with van der Waals surface area (Å²) in [7, 11) is 0. The normalized spacial score (nSPS) is 17.4. The number of aryl methyl sites for hydroxylation is 1. The number of imide groups is 1. The number of nitrogens with zero attached hydrogens (tertiary/aromatic N) is 1. The molecule has 1 aromatic carbocycles. The largest absolute Gasteiger partial charge is 0.508 e. The third kappa shape index (κ3) is 3.94. The lowest BCUT2D eigenvalue weighted by Gasteiger charge is -2.22. The number of phenols is 1. The maximum absolute atomic E-state index is 12.5. The van der Waals surface area contributed by atoms with E-state index in [0.717, 1.165) is 5.71 Å². The van der Waals surface area contributed by atoms with Crippen LogP contribution in [0.25, 0.3) is 0 Å². The van der Waals surface area contributed by atoms with E-state index in [4.69, 9.17) is 0 Å². The Morgan fingerprint density at radius 2 is 2.04 bits per heavy atom. The van der Waals surface area contributed by atoms with Crippen molar-refractivity contribution in [1.29, 1.82) is 0 Å². The number of phenolic OH excluding ortho intramolecular Hbond substituents is 1. The Balaban J connectivity index is 2.30. The fourth-order valence-electron chi connectivity index (χ4n) is 2.37. The zero-order chi connectivity index (χ0) is 17.1. The van der Waals surface area contributed by atoms with E-state index < -0.39 is 17.9 Å². The number of hydrogen-bond donors (Lipinski definition) is 3. The number of benzene rings is 1. The molecule has 1 aromatic rings. The van der Waals surface area contributed by atoms with Gasteiger partial charge in [-0.05, 0) is 44.9 Å². The molecule has 0 radical (unpaired) electrons. The second-order valence-electron chi connectivity index (χ2n) is 5.70. The molecule has 1 atom stereocenters. The number of carbonyl (C=O) groups is 3. The van der Waals surface area contributed by atoms with Gasteiger partial charge in [0.15, 0.2) is 0 Å². The summed E-state index contributed by atoms with van der Waals surface area (Å²) in [6.45, 7) is 5.34. The van der Waals surface area contributed by atoms with Crippen molar-refractivity contribution in [2.45, 2.75) is 39.7 Å². The average molecular weight is 317 g/mol. The minimum absolute atomic E-state index is 0.0522. The van der Waals surface area contributed by atoms with Crippen LogP contribution in [0.3, 0.4) is 0 Å². The lowest BCUT2D eigenvalue weighted by molar-refractivity contribution is -0.134. The third-order valence-electron chi connectivity index (χ3n) is 3.41. The highest BCUT2D eigenvalue weighted by Crippen LogP contribution is 2.29. The van der Waals surface area contributed by atoms with Crippen molar-refractivity contribution < 1.29 is 19.5 Å². The molecule has 2 rings (SSSR count). The van der Waals surface area contributed by atoms with E-state index >= 15 is 0 Å². The molecular weight excluding hydrogens is 298 g/mol. The van der Waals surface area contributed by atoms with Gasteiger partial charge in [0.25, 0.3) is 5.91 Å². The zero-order valence-electron chi connectivity index (χ0n) is 13.3. The van der Waals surface area contributed by atoms with Crippen LogP contribution in [0.4, 0.5) is 5.69 Å². The molecule has 122 valence electrons. The molecule has 1 saturated heterocycles. The monoisotopic (exact) mass is 317 g/mol. The topological polar surface area (TPSA) is 108 Å². The quantitative estimate of drug-likeness (QED) is 0.577. The van der Waals surface area contributed by atoms with E-state index in [2.05, 4.69) is 15.6 Å². The van der Waals surface area contributed by atoms with Gasteiger partial charge in [0, 0.05) is 12.1 Å². The maximum atomic E-state index is 12.5. The Bertz CT molecular complexity index is 706. The molecule has 0 spiro atoms. The second kappa shape index (κ2) is 6.60. The van der Waals surface area contributed by atoms with Gasteiger partial charge in [-0.3, -0.25) is 24.7 Å². The Hall–Kier alpha value is -2.70. The number of hydrogen-bond acceptors (Lipinski definition) is 5. The maximum Gasteiger partial charge on any atom is 0.254 e. The van der Waals surface area contributed by atoms with E-state index in [-0.39, 0.29) is 30.1 Å². The molecule has 0 aromatic heterocycles. The average Bonchev–Trinajstić information content (AvgIpc) is 2.44. The summed E-state index contributed by atoms with van der Waals surface area (Å²) in [4.78, 5) is 39.7. The fourth-order valence-corrected chi connectivity index (χ4v) is 2.37. The summed E-state index contributed by atoms with van der Waals surface area (Å²) >= 11 is 0. The van der Waals surface area contributed by atoms with Crippen molar-refractivity contribution in [3.05, 3.63) is 23.3 Å². The molecule has 1 unspecified atom stereocenters. The van der Waals surface area contributed by atoms with Crippen LogP contribution in [0.5, 0.6) is 5.75 Å². The first-order chi connectivity index (χ1) is 10.8. The van der Waals surface area contributed by atoms with Gasteiger partial charge < -0.3 is 10.4 Å². The van der Waals surface area contributed by atoms with Gasteiger partial charge in [-0.1, -0.05) is 0 Å². The minimum atomic E-state index is -0.776. The van der Waals surface area contributed by atoms with Crippen molar-refractivity contribution in [1.82, 2.24) is 10.6 Å². The van der Waals surface area contributed by atoms with Crippen molar-refractivity contribution in [2.75, 3.05) is 0 Å². The van der Waals surface area contributed by atoms with Gasteiger partial charge in [0.2, 0.25) is 11.8 Å². The summed E-state index contributed by atoms with van der Waals surface area (Å²) in [5, 5.41) is 14.5. The van der Waals surface area contributed by atoms with Crippen LogP contribution in [0.15, 0.2) is 17.1 Å². The van der Waals surface area contributed by atoms with Crippen molar-refractivity contribution in [3.8, 4) is 5.75 Å². The Labute approximate surface area is 133 Å². The number of carbonyl (C=O) groups excluding carboxylic acids is 3. The van der Waals surface area contributed by atoms with Crippen molar-refractivity contribution >= 4 is 29.1 Å². The third-order valence-corrected chi connectivity index (χ3v) is 3.41. The minimum Gasteiger partial charge on any atom is -0.508 e. The molecule has 0 bridgehead atoms. The number of amides is 3. The first-order valence-corrected chi connectivity index (χ1v) is 7.28. The molecule has 3 amide bonds. The summed E-state index contributed by atoms with van der Waals surface area (Å²) < 4.78 is 0. The lowest BCUT2D eigenvalue weighted by Crippen LogP contribution is -2.52. The molecule has 0 aliphatic carbocycles. The van der Waals surface area contributed by atoms with Gasteiger partial charge in [-0.15, -0.1) is 0 Å². The van der Waals surface area contributed by atoms with Crippen LogP contribution in [-0.2, 0) is 9.59 Å². The van der Waals surface area contributed by atoms with Crippen LogP contribution in [0.1, 0.15) is 42.6 Å². The Morgan fingerprint density at radius 1 is 1.35 bits per heavy atom. The summed E-state index contributed by atoms with van der Waals surface area (Å²) in [5.41, 5.74) is 2.05. The molecule has 1 heterocycles. The SMILES string of the molecule is CC(C)=Nc1c(C)cc(O)cc1C(=O)NC1CCC(=O)NC1=O. The van der Waals surface area contributed by atoms with Gasteiger partial charge in [0.1, 0.15) is 11.8 Å². The molecule has 0 saturated carbocycles. The predicted octanol–water partition coefficient (Wildman–Crippen LogP) is 1.35. The van der Waals surface area contributed by atoms with Crippen molar-refractivity contribution in [2.24, 2.45) is 4.99 Å². The molecular formula is C16H19N3O4. The number of rotatable bonds is 3. The standard InChI is InChI=1S/C16H19N3O4/c1-8(2)17-14-9(3)6-10(20)7-11(14)15(22)18-12-4-5-13(21)19-16(12)23/h6-7,12,20H,4-5H2,1-3H3,(H,18,22)(H,19,21,23). The summed E-state index contributed by atoms with van der Waals surface area (Å²) in [6.07, 6.45) is 0.425. The Morgan fingerprint density at radius 3 is 2.65 bits per heavy atom. The second-order valence-corrected chi connectivity index (χ2v) is 5.70. The van der Waals surface area contributed by atoms with E-state index in [1.54, 1.807) is 20.8 Å². The van der Waals surface area contributed by atoms with Gasteiger partial charge in [-0.2, -0.15) is 0 Å². The zero-order valence-corrected chi connectivity index (χ0v) is 13.3. The molecule has 1 fully saturated rings. The number of aromatic hydroxyl groups is 1. The van der Waals surface area contributed by atoms with E-state index in [1.165, 1.54) is 12.1 Å². The van der Waals surface area contributed by atoms with Crippen LogP contribution in [0.2, 0.25) is 0 Å².